The zero-order chi connectivity index (χ0) is 21.8. The van der Waals surface area contributed by atoms with Gasteiger partial charge in [-0.2, -0.15) is 5.26 Å². The molecular formula is C24H17N3O3S. The molecule has 0 radical (unpaired) electrons. The second kappa shape index (κ2) is 8.86. The molecule has 4 rings (SSSR count). The van der Waals surface area contributed by atoms with E-state index in [1.165, 1.54) is 11.8 Å². The molecule has 0 spiro atoms. The summed E-state index contributed by atoms with van der Waals surface area (Å²) >= 11 is 1.46. The van der Waals surface area contributed by atoms with E-state index in [9.17, 15) is 14.4 Å². The Kier molecular flexibility index (Phi) is 5.83. The summed E-state index contributed by atoms with van der Waals surface area (Å²) in [5, 5.41) is 11.6. The number of amides is 3. The average Bonchev–Trinajstić information content (AvgIpc) is 3.05. The fraction of sp³-hybridized carbons (Fsp3) is 0.0833. The third-order valence-corrected chi connectivity index (χ3v) is 5.77. The number of nitriles is 1. The number of carbonyl (C=O) groups excluding carboxylic acids is 3. The lowest BCUT2D eigenvalue weighted by Crippen LogP contribution is -2.29. The highest BCUT2D eigenvalue weighted by molar-refractivity contribution is 7.99. The topological polar surface area (TPSA) is 90.3 Å². The molecule has 1 aliphatic heterocycles. The molecule has 0 aromatic heterocycles. The maximum absolute atomic E-state index is 12.7. The highest BCUT2D eigenvalue weighted by atomic mass is 32.2. The highest BCUT2D eigenvalue weighted by Crippen LogP contribution is 2.29. The molecular weight excluding hydrogens is 410 g/mol. The fourth-order valence-corrected chi connectivity index (χ4v) is 4.07. The van der Waals surface area contributed by atoms with Gasteiger partial charge in [-0.05, 0) is 48.0 Å². The second-order valence-electron chi connectivity index (χ2n) is 6.89. The quantitative estimate of drug-likeness (QED) is 0.595. The molecule has 0 saturated heterocycles. The van der Waals surface area contributed by atoms with Gasteiger partial charge >= 0.3 is 0 Å². The van der Waals surface area contributed by atoms with E-state index >= 15 is 0 Å². The Morgan fingerprint density at radius 2 is 1.61 bits per heavy atom. The lowest BCUT2D eigenvalue weighted by molar-refractivity contribution is -0.113. The minimum Gasteiger partial charge on any atom is -0.325 e. The summed E-state index contributed by atoms with van der Waals surface area (Å²) in [6.07, 6.45) is 0. The molecule has 0 saturated carbocycles. The van der Waals surface area contributed by atoms with Crippen molar-refractivity contribution in [3.05, 3.63) is 95.1 Å². The van der Waals surface area contributed by atoms with Crippen molar-refractivity contribution >= 4 is 40.9 Å². The van der Waals surface area contributed by atoms with Gasteiger partial charge in [0.25, 0.3) is 11.8 Å². The first-order chi connectivity index (χ1) is 15.1. The summed E-state index contributed by atoms with van der Waals surface area (Å²) in [4.78, 5) is 38.8. The van der Waals surface area contributed by atoms with Gasteiger partial charge in [0.05, 0.1) is 34.2 Å². The first-order valence-corrected chi connectivity index (χ1v) is 10.7. The minimum atomic E-state index is -0.373. The van der Waals surface area contributed by atoms with Crippen LogP contribution in [0, 0.1) is 11.3 Å². The van der Waals surface area contributed by atoms with Gasteiger partial charge in [-0.1, -0.05) is 30.3 Å². The van der Waals surface area contributed by atoms with Gasteiger partial charge < -0.3 is 5.32 Å². The van der Waals surface area contributed by atoms with Crippen LogP contribution < -0.4 is 10.2 Å². The van der Waals surface area contributed by atoms with Crippen LogP contribution in [-0.4, -0.2) is 23.5 Å². The number of benzene rings is 3. The monoisotopic (exact) mass is 427 g/mol. The molecule has 1 N–H and O–H groups in total. The molecule has 6 nitrogen and oxygen atoms in total. The van der Waals surface area contributed by atoms with Crippen molar-refractivity contribution in [2.24, 2.45) is 0 Å². The smallest absolute Gasteiger partial charge is 0.266 e. The Labute approximate surface area is 183 Å². The summed E-state index contributed by atoms with van der Waals surface area (Å²) in [6.45, 7) is 0. The number of hydrogen-bond donors (Lipinski definition) is 1. The molecule has 0 bridgehead atoms. The van der Waals surface area contributed by atoms with Crippen molar-refractivity contribution in [2.75, 3.05) is 16.0 Å². The second-order valence-corrected chi connectivity index (χ2v) is 7.88. The Morgan fingerprint density at radius 1 is 0.935 bits per heavy atom. The lowest BCUT2D eigenvalue weighted by Gasteiger charge is -2.15. The maximum atomic E-state index is 12.7. The van der Waals surface area contributed by atoms with Gasteiger partial charge in [-0.25, -0.2) is 4.90 Å². The van der Waals surface area contributed by atoms with Crippen LogP contribution in [0.15, 0.2) is 72.8 Å². The number of fused-ring (bicyclic) bond motifs is 1. The number of rotatable bonds is 6. The molecule has 0 atom stereocenters. The highest BCUT2D eigenvalue weighted by Gasteiger charge is 2.36. The maximum Gasteiger partial charge on any atom is 0.266 e. The molecule has 152 valence electrons. The Morgan fingerprint density at radius 3 is 2.26 bits per heavy atom. The number of anilines is 2. The van der Waals surface area contributed by atoms with Crippen LogP contribution in [0.3, 0.4) is 0 Å². The van der Waals surface area contributed by atoms with Crippen molar-refractivity contribution in [1.29, 1.82) is 5.26 Å². The summed E-state index contributed by atoms with van der Waals surface area (Å²) in [7, 11) is 0. The molecule has 1 heterocycles. The first kappa shape index (κ1) is 20.4. The van der Waals surface area contributed by atoms with Crippen molar-refractivity contribution in [3.63, 3.8) is 0 Å². The number of nitrogens with zero attached hydrogens (tertiary/aromatic N) is 2. The largest absolute Gasteiger partial charge is 0.325 e. The van der Waals surface area contributed by atoms with Crippen LogP contribution in [0.5, 0.6) is 0 Å². The van der Waals surface area contributed by atoms with E-state index < -0.39 is 0 Å². The molecule has 3 aromatic rings. The Balaban J connectivity index is 1.37. The number of carbonyl (C=O) groups is 3. The molecule has 3 aromatic carbocycles. The van der Waals surface area contributed by atoms with E-state index in [-0.39, 0.29) is 23.5 Å². The molecule has 1 aliphatic rings. The predicted molar refractivity (Wildman–Crippen MR) is 120 cm³/mol. The zero-order valence-corrected chi connectivity index (χ0v) is 17.2. The van der Waals surface area contributed by atoms with E-state index in [2.05, 4.69) is 11.4 Å². The molecule has 0 aliphatic carbocycles. The SMILES string of the molecule is N#Cc1ccc(CSCC(=O)Nc2cccc(N3C(=O)c4ccccc4C3=O)c2)cc1. The van der Waals surface area contributed by atoms with Crippen molar-refractivity contribution < 1.29 is 14.4 Å². The summed E-state index contributed by atoms with van der Waals surface area (Å²) in [5.41, 5.74) is 3.31. The van der Waals surface area contributed by atoms with Gasteiger partial charge in [0.1, 0.15) is 0 Å². The Hall–Kier alpha value is -3.89. The average molecular weight is 427 g/mol. The van der Waals surface area contributed by atoms with Crippen LogP contribution in [-0.2, 0) is 10.5 Å². The summed E-state index contributed by atoms with van der Waals surface area (Å²) in [6, 6.07) is 22.7. The van der Waals surface area contributed by atoms with Crippen molar-refractivity contribution in [1.82, 2.24) is 0 Å². The molecule has 7 heteroatoms. The number of imide groups is 1. The predicted octanol–water partition coefficient (Wildman–Crippen LogP) is 4.23. The van der Waals surface area contributed by atoms with Gasteiger partial charge in [-0.15, -0.1) is 11.8 Å². The number of thioether (sulfide) groups is 1. The molecule has 31 heavy (non-hydrogen) atoms. The molecule has 3 amide bonds. The van der Waals surface area contributed by atoms with E-state index in [1.54, 1.807) is 60.7 Å². The van der Waals surface area contributed by atoms with Gasteiger partial charge in [0.2, 0.25) is 5.91 Å². The van der Waals surface area contributed by atoms with Gasteiger partial charge in [0, 0.05) is 11.4 Å². The zero-order valence-electron chi connectivity index (χ0n) is 16.4. The van der Waals surface area contributed by atoms with Gasteiger partial charge in [-0.3, -0.25) is 14.4 Å². The minimum absolute atomic E-state index is 0.182. The van der Waals surface area contributed by atoms with E-state index in [0.29, 0.717) is 33.8 Å². The van der Waals surface area contributed by atoms with E-state index in [0.717, 1.165) is 10.5 Å². The third-order valence-electron chi connectivity index (χ3n) is 4.77. The van der Waals surface area contributed by atoms with E-state index in [4.69, 9.17) is 5.26 Å². The van der Waals surface area contributed by atoms with Crippen LogP contribution in [0.4, 0.5) is 11.4 Å². The normalized spacial score (nSPS) is 12.4. The van der Waals surface area contributed by atoms with Crippen LogP contribution in [0.25, 0.3) is 0 Å². The number of hydrogen-bond acceptors (Lipinski definition) is 5. The van der Waals surface area contributed by atoms with Crippen LogP contribution in [0.1, 0.15) is 31.8 Å². The third kappa shape index (κ3) is 4.34. The molecule has 0 unspecified atom stereocenters. The van der Waals surface area contributed by atoms with Crippen molar-refractivity contribution in [3.8, 4) is 6.07 Å². The standard InChI is InChI=1S/C24H17N3O3S/c25-13-16-8-10-17(11-9-16)14-31-15-22(28)26-18-4-3-5-19(12-18)27-23(29)20-6-1-2-7-21(20)24(27)30/h1-12H,14-15H2,(H,26,28). The summed E-state index contributed by atoms with van der Waals surface area (Å²) < 4.78 is 0. The van der Waals surface area contributed by atoms with Crippen LogP contribution in [0.2, 0.25) is 0 Å². The van der Waals surface area contributed by atoms with Crippen molar-refractivity contribution in [2.45, 2.75) is 5.75 Å². The lowest BCUT2D eigenvalue weighted by atomic mass is 10.1. The first-order valence-electron chi connectivity index (χ1n) is 9.51. The molecule has 0 fully saturated rings. The van der Waals surface area contributed by atoms with Crippen LogP contribution >= 0.6 is 11.8 Å². The fourth-order valence-electron chi connectivity index (χ4n) is 3.28. The summed E-state index contributed by atoms with van der Waals surface area (Å²) in [5.74, 6) is -0.0342. The van der Waals surface area contributed by atoms with Gasteiger partial charge in [0.15, 0.2) is 0 Å². The van der Waals surface area contributed by atoms with E-state index in [1.807, 2.05) is 12.1 Å². The Bertz CT molecular complexity index is 1180. The number of nitrogens with one attached hydrogen (secondary N) is 1.